The van der Waals surface area contributed by atoms with Crippen LogP contribution >= 0.6 is 0 Å². The molecule has 1 amide bonds. The van der Waals surface area contributed by atoms with Crippen molar-refractivity contribution >= 4 is 17.4 Å². The third-order valence-electron chi connectivity index (χ3n) is 5.87. The zero-order valence-electron chi connectivity index (χ0n) is 17.7. The molecule has 0 N–H and O–H groups in total. The second-order valence-corrected chi connectivity index (χ2v) is 7.52. The molecule has 1 aliphatic heterocycles. The minimum Gasteiger partial charge on any atom is -0.493 e. The average molecular weight is 425 g/mol. The van der Waals surface area contributed by atoms with Crippen molar-refractivity contribution in [2.24, 2.45) is 0 Å². The lowest BCUT2D eigenvalue weighted by Gasteiger charge is -2.38. The van der Waals surface area contributed by atoms with Crippen LogP contribution in [0.2, 0.25) is 0 Å². The van der Waals surface area contributed by atoms with Crippen LogP contribution in [-0.4, -0.2) is 33.0 Å². The molecule has 0 fully saturated rings. The number of ether oxygens (including phenoxy) is 3. The number of ketones is 1. The van der Waals surface area contributed by atoms with Crippen molar-refractivity contribution in [1.29, 1.82) is 0 Å². The molecule has 6 nitrogen and oxygen atoms in total. The van der Waals surface area contributed by atoms with Gasteiger partial charge >= 0.3 is 0 Å². The predicted molar refractivity (Wildman–Crippen MR) is 113 cm³/mol. The first-order valence-electron chi connectivity index (χ1n) is 10.1. The van der Waals surface area contributed by atoms with Crippen LogP contribution in [0.5, 0.6) is 17.2 Å². The van der Waals surface area contributed by atoms with Crippen molar-refractivity contribution in [2.75, 3.05) is 26.2 Å². The summed E-state index contributed by atoms with van der Waals surface area (Å²) in [5.74, 6) is 0.394. The largest absolute Gasteiger partial charge is 0.493 e. The maximum Gasteiger partial charge on any atom is 0.232 e. The van der Waals surface area contributed by atoms with Crippen molar-refractivity contribution < 1.29 is 28.2 Å². The highest BCUT2D eigenvalue weighted by molar-refractivity contribution is 6.07. The summed E-state index contributed by atoms with van der Waals surface area (Å²) in [6.07, 6.45) is 1.78. The lowest BCUT2D eigenvalue weighted by atomic mass is 9.76. The lowest BCUT2D eigenvalue weighted by Crippen LogP contribution is -2.40. The van der Waals surface area contributed by atoms with E-state index in [0.717, 1.165) is 0 Å². The van der Waals surface area contributed by atoms with Crippen LogP contribution in [0.3, 0.4) is 0 Å². The number of benzene rings is 2. The summed E-state index contributed by atoms with van der Waals surface area (Å²) in [5.41, 5.74) is 2.56. The van der Waals surface area contributed by atoms with Gasteiger partial charge < -0.3 is 14.2 Å². The Morgan fingerprint density at radius 2 is 1.61 bits per heavy atom. The lowest BCUT2D eigenvalue weighted by molar-refractivity contribution is -0.119. The van der Waals surface area contributed by atoms with Crippen molar-refractivity contribution in [2.45, 2.75) is 31.6 Å². The van der Waals surface area contributed by atoms with Gasteiger partial charge in [-0.05, 0) is 43.2 Å². The number of methoxy groups -OCH3 is 3. The predicted octanol–water partition coefficient (Wildman–Crippen LogP) is 4.38. The molecule has 7 heteroatoms. The molecule has 1 aliphatic carbocycles. The van der Waals surface area contributed by atoms with E-state index in [4.69, 9.17) is 14.2 Å². The molecule has 4 rings (SSSR count). The number of amides is 1. The highest BCUT2D eigenvalue weighted by atomic mass is 19.1. The van der Waals surface area contributed by atoms with Gasteiger partial charge in [-0.25, -0.2) is 4.39 Å². The van der Waals surface area contributed by atoms with Crippen LogP contribution in [0, 0.1) is 5.82 Å². The summed E-state index contributed by atoms with van der Waals surface area (Å²) >= 11 is 0. The van der Waals surface area contributed by atoms with E-state index in [1.807, 2.05) is 6.07 Å². The first kappa shape index (κ1) is 20.9. The molecular weight excluding hydrogens is 401 g/mol. The van der Waals surface area contributed by atoms with Gasteiger partial charge in [0, 0.05) is 41.3 Å². The summed E-state index contributed by atoms with van der Waals surface area (Å²) in [6, 6.07) is 9.33. The van der Waals surface area contributed by atoms with Gasteiger partial charge in [-0.1, -0.05) is 6.07 Å². The third kappa shape index (κ3) is 3.54. The number of hydrogen-bond acceptors (Lipinski definition) is 5. The molecule has 0 spiro atoms. The Bertz CT molecular complexity index is 1060. The molecule has 0 unspecified atom stereocenters. The van der Waals surface area contributed by atoms with E-state index in [1.165, 1.54) is 33.5 Å². The van der Waals surface area contributed by atoms with Gasteiger partial charge in [0.2, 0.25) is 11.7 Å². The Morgan fingerprint density at radius 1 is 0.903 bits per heavy atom. The van der Waals surface area contributed by atoms with Crippen LogP contribution < -0.4 is 19.1 Å². The van der Waals surface area contributed by atoms with Gasteiger partial charge in [-0.3, -0.25) is 14.5 Å². The minimum absolute atomic E-state index is 0.0164. The number of carbonyl (C=O) groups excluding carboxylic acids is 2. The summed E-state index contributed by atoms with van der Waals surface area (Å²) in [6.45, 7) is 0. The number of anilines is 1. The molecule has 2 aromatic rings. The Labute approximate surface area is 180 Å². The van der Waals surface area contributed by atoms with E-state index in [9.17, 15) is 14.0 Å². The summed E-state index contributed by atoms with van der Waals surface area (Å²) < 4.78 is 29.9. The smallest absolute Gasteiger partial charge is 0.232 e. The molecule has 1 heterocycles. The van der Waals surface area contributed by atoms with Gasteiger partial charge in [-0.15, -0.1) is 0 Å². The van der Waals surface area contributed by atoms with E-state index in [2.05, 4.69) is 0 Å². The minimum atomic E-state index is -0.457. The third-order valence-corrected chi connectivity index (χ3v) is 5.87. The molecule has 2 aromatic carbocycles. The summed E-state index contributed by atoms with van der Waals surface area (Å²) in [4.78, 5) is 27.9. The van der Waals surface area contributed by atoms with Crippen molar-refractivity contribution in [3.05, 3.63) is 59.0 Å². The molecule has 162 valence electrons. The fraction of sp³-hybridized carbons (Fsp3) is 0.333. The second-order valence-electron chi connectivity index (χ2n) is 7.52. The van der Waals surface area contributed by atoms with Crippen molar-refractivity contribution in [3.63, 3.8) is 0 Å². The van der Waals surface area contributed by atoms with Gasteiger partial charge in [0.15, 0.2) is 17.3 Å². The van der Waals surface area contributed by atoms with Crippen LogP contribution in [0.15, 0.2) is 47.7 Å². The van der Waals surface area contributed by atoms with E-state index in [1.54, 1.807) is 23.1 Å². The number of Topliss-reactive ketones (excluding diaryl/α,β-unsaturated/α-hetero) is 1. The Balaban J connectivity index is 1.89. The number of nitrogens with zero attached hydrogens (tertiary/aromatic N) is 1. The van der Waals surface area contributed by atoms with E-state index in [0.29, 0.717) is 59.0 Å². The van der Waals surface area contributed by atoms with Gasteiger partial charge in [0.05, 0.1) is 21.3 Å². The summed E-state index contributed by atoms with van der Waals surface area (Å²) in [5, 5.41) is 0. The molecule has 0 bridgehead atoms. The van der Waals surface area contributed by atoms with E-state index in [-0.39, 0.29) is 23.9 Å². The summed E-state index contributed by atoms with van der Waals surface area (Å²) in [7, 11) is 4.57. The number of hydrogen-bond donors (Lipinski definition) is 0. The molecular formula is C24H24FNO5. The van der Waals surface area contributed by atoms with Crippen LogP contribution in [-0.2, 0) is 9.59 Å². The zero-order chi connectivity index (χ0) is 22.1. The highest BCUT2D eigenvalue weighted by Gasteiger charge is 2.41. The fourth-order valence-electron chi connectivity index (χ4n) is 4.55. The molecule has 2 aliphatic rings. The normalized spacial score (nSPS) is 18.7. The number of rotatable bonds is 5. The Hall–Kier alpha value is -3.35. The highest BCUT2D eigenvalue weighted by Crippen LogP contribution is 2.49. The molecule has 0 aromatic heterocycles. The first-order chi connectivity index (χ1) is 15.0. The Morgan fingerprint density at radius 3 is 2.26 bits per heavy atom. The molecule has 1 atom stereocenters. The molecule has 0 saturated heterocycles. The maximum atomic E-state index is 13.4. The molecule has 0 radical (unpaired) electrons. The van der Waals surface area contributed by atoms with Gasteiger partial charge in [0.1, 0.15) is 5.82 Å². The van der Waals surface area contributed by atoms with Crippen LogP contribution in [0.4, 0.5) is 10.1 Å². The van der Waals surface area contributed by atoms with Gasteiger partial charge in [-0.2, -0.15) is 0 Å². The monoisotopic (exact) mass is 425 g/mol. The van der Waals surface area contributed by atoms with E-state index < -0.39 is 5.92 Å². The van der Waals surface area contributed by atoms with Crippen molar-refractivity contribution in [1.82, 2.24) is 0 Å². The maximum absolute atomic E-state index is 13.4. The van der Waals surface area contributed by atoms with E-state index >= 15 is 0 Å². The average Bonchev–Trinajstić information content (AvgIpc) is 2.78. The number of carbonyl (C=O) groups is 2. The SMILES string of the molecule is COc1ccc([C@H]2CC(=O)N(c3ccc(F)cc3)C3=C2C(=O)CCC3)c(OC)c1OC. The van der Waals surface area contributed by atoms with Crippen molar-refractivity contribution in [3.8, 4) is 17.2 Å². The van der Waals surface area contributed by atoms with Crippen LogP contribution in [0.1, 0.15) is 37.2 Å². The zero-order valence-corrected chi connectivity index (χ0v) is 17.7. The standard InChI is InChI=1S/C24H24FNO5/c1-29-20-12-11-16(23(30-2)24(20)31-3)17-13-21(28)26(15-9-7-14(25)8-10-15)18-5-4-6-19(27)22(17)18/h7-12,17H,4-6,13H2,1-3H3/t17-/m1/s1. The molecule has 0 saturated carbocycles. The second kappa shape index (κ2) is 8.41. The topological polar surface area (TPSA) is 65.1 Å². The fourth-order valence-corrected chi connectivity index (χ4v) is 4.55. The first-order valence-corrected chi connectivity index (χ1v) is 10.1. The number of allylic oxidation sites excluding steroid dienone is 2. The van der Waals surface area contributed by atoms with Gasteiger partial charge in [0.25, 0.3) is 0 Å². The van der Waals surface area contributed by atoms with Crippen LogP contribution in [0.25, 0.3) is 0 Å². The number of halogens is 1. The Kier molecular flexibility index (Phi) is 5.67. The quantitative estimate of drug-likeness (QED) is 0.711. The molecule has 31 heavy (non-hydrogen) atoms.